The molecule has 1 heterocycles. The van der Waals surface area contributed by atoms with Crippen LogP contribution in [0, 0.1) is 0 Å². The van der Waals surface area contributed by atoms with Crippen molar-refractivity contribution in [2.24, 2.45) is 0 Å². The summed E-state index contributed by atoms with van der Waals surface area (Å²) in [5.74, 6) is 0. The molecular weight excluding hydrogens is 917 g/mol. The highest BCUT2D eigenvalue weighted by Crippen LogP contribution is 2.64. The summed E-state index contributed by atoms with van der Waals surface area (Å²) >= 11 is 0. The van der Waals surface area contributed by atoms with E-state index in [1.54, 1.807) is 0 Å². The van der Waals surface area contributed by atoms with Gasteiger partial charge < -0.3 is 9.80 Å². The summed E-state index contributed by atoms with van der Waals surface area (Å²) in [6, 6.07) is 113. The molecule has 1 aliphatic heterocycles. The van der Waals surface area contributed by atoms with Crippen LogP contribution in [0.1, 0.15) is 44.5 Å². The standard InChI is InChI=1S/C74H50N2/c1-6-24-51(25-7-1)53-42-47-70(63(48-53)52-26-8-2-9-27-52)75(57-43-45-61-59-34-16-18-36-64(59)73(68(61)49-57,54-28-10-3-11-29-54)55-30-12-4-13-31-55)58-44-46-62-60-35-17-19-37-65(60)74(69(62)50-58)66-38-20-22-40-71(66)76(56-32-14-5-15-33-56)72-41-23-21-39-67(72)74/h1-50H. The summed E-state index contributed by atoms with van der Waals surface area (Å²) in [6.07, 6.45) is 0. The van der Waals surface area contributed by atoms with Crippen molar-refractivity contribution in [3.63, 3.8) is 0 Å². The van der Waals surface area contributed by atoms with Crippen molar-refractivity contribution in [2.75, 3.05) is 9.80 Å². The van der Waals surface area contributed by atoms with Gasteiger partial charge in [-0.15, -0.1) is 0 Å². The van der Waals surface area contributed by atoms with Gasteiger partial charge in [-0.2, -0.15) is 0 Å². The molecule has 0 N–H and O–H groups in total. The maximum Gasteiger partial charge on any atom is 0.0755 e. The fraction of sp³-hybridized carbons (Fsp3) is 0.0270. The van der Waals surface area contributed by atoms with Crippen molar-refractivity contribution < 1.29 is 0 Å². The molecule has 12 aromatic carbocycles. The Balaban J connectivity index is 1.03. The van der Waals surface area contributed by atoms with Crippen molar-refractivity contribution in [3.05, 3.63) is 348 Å². The van der Waals surface area contributed by atoms with E-state index in [9.17, 15) is 0 Å². The zero-order valence-electron chi connectivity index (χ0n) is 41.8. The Morgan fingerprint density at radius 2 is 0.658 bits per heavy atom. The van der Waals surface area contributed by atoms with Crippen molar-refractivity contribution in [1.29, 1.82) is 0 Å². The number of para-hydroxylation sites is 3. The minimum absolute atomic E-state index is 0.584. The third-order valence-electron chi connectivity index (χ3n) is 16.5. The number of hydrogen-bond acceptors (Lipinski definition) is 2. The number of anilines is 6. The van der Waals surface area contributed by atoms with E-state index in [1.165, 1.54) is 89.3 Å². The lowest BCUT2D eigenvalue weighted by molar-refractivity contribution is 0.752. The monoisotopic (exact) mass is 966 g/mol. The van der Waals surface area contributed by atoms with Gasteiger partial charge in [-0.05, 0) is 144 Å². The Morgan fingerprint density at radius 3 is 1.20 bits per heavy atom. The lowest BCUT2D eigenvalue weighted by atomic mass is 9.64. The summed E-state index contributed by atoms with van der Waals surface area (Å²) in [7, 11) is 0. The third-order valence-corrected chi connectivity index (χ3v) is 16.5. The summed E-state index contributed by atoms with van der Waals surface area (Å²) in [6.45, 7) is 0. The molecule has 76 heavy (non-hydrogen) atoms. The molecule has 0 fully saturated rings. The fourth-order valence-electron chi connectivity index (χ4n) is 13.5. The molecule has 356 valence electrons. The van der Waals surface area contributed by atoms with Crippen LogP contribution >= 0.6 is 0 Å². The predicted molar refractivity (Wildman–Crippen MR) is 315 cm³/mol. The van der Waals surface area contributed by atoms with E-state index < -0.39 is 10.8 Å². The summed E-state index contributed by atoms with van der Waals surface area (Å²) in [4.78, 5) is 5.01. The summed E-state index contributed by atoms with van der Waals surface area (Å²) in [5.41, 5.74) is 25.3. The zero-order valence-corrected chi connectivity index (χ0v) is 41.8. The lowest BCUT2D eigenvalue weighted by Gasteiger charge is -2.45. The number of fused-ring (bicyclic) bond motifs is 12. The van der Waals surface area contributed by atoms with Crippen LogP contribution in [0.3, 0.4) is 0 Å². The van der Waals surface area contributed by atoms with Crippen LogP contribution in [0.4, 0.5) is 34.1 Å². The second kappa shape index (κ2) is 17.4. The van der Waals surface area contributed by atoms with E-state index in [1.807, 2.05) is 0 Å². The minimum atomic E-state index is -0.638. The van der Waals surface area contributed by atoms with Gasteiger partial charge in [-0.25, -0.2) is 0 Å². The van der Waals surface area contributed by atoms with Gasteiger partial charge in [0.25, 0.3) is 0 Å². The van der Waals surface area contributed by atoms with Crippen LogP contribution in [0.25, 0.3) is 44.5 Å². The maximum absolute atomic E-state index is 2.55. The molecule has 0 bridgehead atoms. The smallest absolute Gasteiger partial charge is 0.0755 e. The Hall–Kier alpha value is -9.76. The molecule has 0 amide bonds. The molecule has 0 saturated carbocycles. The third kappa shape index (κ3) is 6.34. The van der Waals surface area contributed by atoms with E-state index >= 15 is 0 Å². The first-order chi connectivity index (χ1) is 37.7. The van der Waals surface area contributed by atoms with Crippen molar-refractivity contribution in [1.82, 2.24) is 0 Å². The van der Waals surface area contributed by atoms with Gasteiger partial charge in [-0.1, -0.05) is 243 Å². The Bertz CT molecular complexity index is 4080. The first-order valence-corrected chi connectivity index (χ1v) is 26.4. The van der Waals surface area contributed by atoms with E-state index in [0.717, 1.165) is 33.9 Å². The zero-order chi connectivity index (χ0) is 50.2. The van der Waals surface area contributed by atoms with Gasteiger partial charge in [0.1, 0.15) is 0 Å². The largest absolute Gasteiger partial charge is 0.310 e. The van der Waals surface area contributed by atoms with Crippen LogP contribution in [-0.2, 0) is 10.8 Å². The average molecular weight is 967 g/mol. The van der Waals surface area contributed by atoms with Gasteiger partial charge in [-0.3, -0.25) is 0 Å². The van der Waals surface area contributed by atoms with Crippen molar-refractivity contribution in [2.45, 2.75) is 10.8 Å². The molecule has 0 atom stereocenters. The second-order valence-electron chi connectivity index (χ2n) is 20.3. The molecule has 1 spiro atoms. The fourth-order valence-corrected chi connectivity index (χ4v) is 13.5. The highest BCUT2D eigenvalue weighted by molar-refractivity contribution is 5.99. The highest BCUT2D eigenvalue weighted by atomic mass is 15.2. The molecule has 0 aromatic heterocycles. The predicted octanol–water partition coefficient (Wildman–Crippen LogP) is 19.0. The van der Waals surface area contributed by atoms with Crippen LogP contribution in [0.2, 0.25) is 0 Å². The molecule has 2 heteroatoms. The Kier molecular flexibility index (Phi) is 10.0. The van der Waals surface area contributed by atoms with Gasteiger partial charge in [0.05, 0.1) is 27.9 Å². The van der Waals surface area contributed by atoms with E-state index in [-0.39, 0.29) is 0 Å². The molecule has 0 radical (unpaired) electrons. The Morgan fingerprint density at radius 1 is 0.250 bits per heavy atom. The molecule has 2 nitrogen and oxygen atoms in total. The quantitative estimate of drug-likeness (QED) is 0.150. The van der Waals surface area contributed by atoms with E-state index in [4.69, 9.17) is 0 Å². The average Bonchev–Trinajstić information content (AvgIpc) is 4.10. The molecule has 2 aliphatic carbocycles. The summed E-state index contributed by atoms with van der Waals surface area (Å²) in [5, 5.41) is 0. The molecule has 3 aliphatic rings. The first kappa shape index (κ1) is 43.8. The van der Waals surface area contributed by atoms with Gasteiger partial charge in [0.15, 0.2) is 0 Å². The number of nitrogens with zero attached hydrogens (tertiary/aromatic N) is 2. The maximum atomic E-state index is 2.55. The number of hydrogen-bond donors (Lipinski definition) is 0. The number of benzene rings is 12. The second-order valence-corrected chi connectivity index (χ2v) is 20.3. The topological polar surface area (TPSA) is 6.48 Å². The molecular formula is C74H50N2. The minimum Gasteiger partial charge on any atom is -0.310 e. The highest BCUT2D eigenvalue weighted by Gasteiger charge is 2.52. The molecule has 15 rings (SSSR count). The van der Waals surface area contributed by atoms with Gasteiger partial charge in [0.2, 0.25) is 0 Å². The van der Waals surface area contributed by atoms with Crippen molar-refractivity contribution in [3.8, 4) is 44.5 Å². The van der Waals surface area contributed by atoms with Gasteiger partial charge in [0, 0.05) is 22.6 Å². The first-order valence-electron chi connectivity index (χ1n) is 26.4. The van der Waals surface area contributed by atoms with Crippen LogP contribution < -0.4 is 9.80 Å². The van der Waals surface area contributed by atoms with Crippen molar-refractivity contribution >= 4 is 34.1 Å². The normalized spacial score (nSPS) is 13.7. The van der Waals surface area contributed by atoms with E-state index in [2.05, 4.69) is 313 Å². The van der Waals surface area contributed by atoms with Crippen LogP contribution in [0.15, 0.2) is 303 Å². The number of rotatable bonds is 8. The Labute approximate surface area is 444 Å². The van der Waals surface area contributed by atoms with E-state index in [0.29, 0.717) is 0 Å². The van der Waals surface area contributed by atoms with Crippen LogP contribution in [0.5, 0.6) is 0 Å². The van der Waals surface area contributed by atoms with Gasteiger partial charge >= 0.3 is 0 Å². The molecule has 0 saturated heterocycles. The van der Waals surface area contributed by atoms with Crippen LogP contribution in [-0.4, -0.2) is 0 Å². The molecule has 0 unspecified atom stereocenters. The SMILES string of the molecule is c1ccc(-c2ccc(N(c3ccc4c(c3)C(c3ccccc3)(c3ccccc3)c3ccccc3-4)c3ccc4c(c3)C3(c5ccccc5-4)c4ccccc4N(c4ccccc4)c4ccccc43)c(-c3ccccc3)c2)cc1. The summed E-state index contributed by atoms with van der Waals surface area (Å²) < 4.78 is 0. The molecule has 12 aromatic rings. The lowest BCUT2D eigenvalue weighted by Crippen LogP contribution is -2.36.